The van der Waals surface area contributed by atoms with Gasteiger partial charge in [-0.15, -0.1) is 12.4 Å². The monoisotopic (exact) mass is 203 g/mol. The first-order valence-electron chi connectivity index (χ1n) is 5.56. The van der Waals surface area contributed by atoms with E-state index in [1.54, 1.807) is 0 Å². The molecule has 0 unspecified atom stereocenters. The Labute approximate surface area is 87.9 Å². The van der Waals surface area contributed by atoms with Crippen LogP contribution in [0.15, 0.2) is 0 Å². The minimum absolute atomic E-state index is 0. The molecule has 2 N–H and O–H groups in total. The topological polar surface area (TPSA) is 26.0 Å². The molecule has 2 aliphatic rings. The summed E-state index contributed by atoms with van der Waals surface area (Å²) in [4.78, 5) is 0. The van der Waals surface area contributed by atoms with Gasteiger partial charge in [-0.1, -0.05) is 19.3 Å². The molecule has 2 aliphatic carbocycles. The van der Waals surface area contributed by atoms with E-state index in [-0.39, 0.29) is 12.4 Å². The molecule has 2 rings (SSSR count). The van der Waals surface area contributed by atoms with Gasteiger partial charge in [0.2, 0.25) is 0 Å². The predicted octanol–water partition coefficient (Wildman–Crippen LogP) is 3.26. The van der Waals surface area contributed by atoms with Crippen LogP contribution in [0.5, 0.6) is 0 Å². The number of halogens is 1. The van der Waals surface area contributed by atoms with Crippen LogP contribution in [0.1, 0.15) is 57.8 Å². The van der Waals surface area contributed by atoms with E-state index in [0.717, 1.165) is 5.41 Å². The Morgan fingerprint density at radius 1 is 0.846 bits per heavy atom. The Bertz CT molecular complexity index is 142. The van der Waals surface area contributed by atoms with Gasteiger partial charge in [-0.3, -0.25) is 0 Å². The van der Waals surface area contributed by atoms with Crippen LogP contribution in [0.2, 0.25) is 0 Å². The highest BCUT2D eigenvalue weighted by atomic mass is 35.5. The fourth-order valence-corrected chi connectivity index (χ4v) is 3.05. The lowest BCUT2D eigenvalue weighted by atomic mass is 9.65. The Balaban J connectivity index is 0.000000845. The highest BCUT2D eigenvalue weighted by Gasteiger charge is 2.34. The minimum atomic E-state index is 0. The summed E-state index contributed by atoms with van der Waals surface area (Å²) in [6.07, 6.45) is 12.9. The Morgan fingerprint density at radius 2 is 1.38 bits per heavy atom. The summed E-state index contributed by atoms with van der Waals surface area (Å²) in [6.45, 7) is 0. The third-order valence-electron chi connectivity index (χ3n) is 4.01. The van der Waals surface area contributed by atoms with Crippen LogP contribution >= 0.6 is 12.4 Å². The molecule has 78 valence electrons. The lowest BCUT2D eigenvalue weighted by Gasteiger charge is -2.42. The van der Waals surface area contributed by atoms with Crippen LogP contribution in [-0.2, 0) is 0 Å². The highest BCUT2D eigenvalue weighted by molar-refractivity contribution is 5.85. The van der Waals surface area contributed by atoms with Crippen molar-refractivity contribution in [3.8, 4) is 0 Å². The normalized spacial score (nSPS) is 28.4. The molecular formula is C11H22ClN. The second-order valence-corrected chi connectivity index (χ2v) is 4.90. The number of hydrogen-bond donors (Lipinski definition) is 1. The minimum Gasteiger partial charge on any atom is -0.328 e. The van der Waals surface area contributed by atoms with Crippen molar-refractivity contribution >= 4 is 12.4 Å². The fourth-order valence-electron chi connectivity index (χ4n) is 3.05. The summed E-state index contributed by atoms with van der Waals surface area (Å²) < 4.78 is 0. The van der Waals surface area contributed by atoms with Crippen LogP contribution in [0.25, 0.3) is 0 Å². The number of rotatable bonds is 0. The smallest absolute Gasteiger partial charge is 0.00392 e. The van der Waals surface area contributed by atoms with E-state index in [4.69, 9.17) is 5.73 Å². The molecule has 2 saturated carbocycles. The predicted molar refractivity (Wildman–Crippen MR) is 59.2 cm³/mol. The summed E-state index contributed by atoms with van der Waals surface area (Å²) in [5, 5.41) is 0. The molecule has 2 heteroatoms. The lowest BCUT2D eigenvalue weighted by molar-refractivity contribution is 0.115. The second-order valence-electron chi connectivity index (χ2n) is 4.90. The average molecular weight is 204 g/mol. The Hall–Kier alpha value is 0.250. The maximum absolute atomic E-state index is 5.92. The summed E-state index contributed by atoms with van der Waals surface area (Å²) in [7, 11) is 0. The van der Waals surface area contributed by atoms with Crippen molar-refractivity contribution in [2.45, 2.75) is 63.8 Å². The van der Waals surface area contributed by atoms with E-state index in [2.05, 4.69) is 0 Å². The van der Waals surface area contributed by atoms with E-state index in [0.29, 0.717) is 6.04 Å². The van der Waals surface area contributed by atoms with Crippen molar-refractivity contribution < 1.29 is 0 Å². The maximum Gasteiger partial charge on any atom is 0.00392 e. The molecule has 0 aliphatic heterocycles. The fraction of sp³-hybridized carbons (Fsp3) is 1.00. The molecule has 0 aromatic carbocycles. The molecule has 1 nitrogen and oxygen atoms in total. The zero-order valence-electron chi connectivity index (χ0n) is 8.43. The van der Waals surface area contributed by atoms with Gasteiger partial charge in [0.15, 0.2) is 0 Å². The van der Waals surface area contributed by atoms with Gasteiger partial charge >= 0.3 is 0 Å². The quantitative estimate of drug-likeness (QED) is 0.643. The summed E-state index contributed by atoms with van der Waals surface area (Å²) in [5.41, 5.74) is 6.68. The zero-order valence-corrected chi connectivity index (χ0v) is 9.24. The van der Waals surface area contributed by atoms with Gasteiger partial charge in [-0.25, -0.2) is 0 Å². The summed E-state index contributed by atoms with van der Waals surface area (Å²) >= 11 is 0. The third kappa shape index (κ3) is 2.60. The van der Waals surface area contributed by atoms with Gasteiger partial charge < -0.3 is 5.73 Å². The SMILES string of the molecule is Cl.NC1CCC2(CCCCC2)CC1. The zero-order chi connectivity index (χ0) is 8.44. The van der Waals surface area contributed by atoms with Crippen molar-refractivity contribution in [1.29, 1.82) is 0 Å². The third-order valence-corrected chi connectivity index (χ3v) is 4.01. The van der Waals surface area contributed by atoms with Gasteiger partial charge in [-0.05, 0) is 43.9 Å². The van der Waals surface area contributed by atoms with Crippen LogP contribution in [0, 0.1) is 5.41 Å². The van der Waals surface area contributed by atoms with Crippen LogP contribution in [0.4, 0.5) is 0 Å². The molecule has 0 aromatic heterocycles. The molecular weight excluding hydrogens is 182 g/mol. The average Bonchev–Trinajstić information content (AvgIpc) is 2.13. The largest absolute Gasteiger partial charge is 0.328 e. The van der Waals surface area contributed by atoms with Crippen molar-refractivity contribution in [3.05, 3.63) is 0 Å². The van der Waals surface area contributed by atoms with E-state index in [1.165, 1.54) is 57.8 Å². The highest BCUT2D eigenvalue weighted by Crippen LogP contribution is 2.46. The maximum atomic E-state index is 5.92. The van der Waals surface area contributed by atoms with Crippen molar-refractivity contribution in [3.63, 3.8) is 0 Å². The Morgan fingerprint density at radius 3 is 1.92 bits per heavy atom. The van der Waals surface area contributed by atoms with Crippen LogP contribution < -0.4 is 5.73 Å². The van der Waals surface area contributed by atoms with E-state index < -0.39 is 0 Å². The molecule has 2 fully saturated rings. The molecule has 0 bridgehead atoms. The van der Waals surface area contributed by atoms with Gasteiger partial charge in [0.1, 0.15) is 0 Å². The van der Waals surface area contributed by atoms with Gasteiger partial charge in [-0.2, -0.15) is 0 Å². The first-order valence-corrected chi connectivity index (χ1v) is 5.56. The van der Waals surface area contributed by atoms with Gasteiger partial charge in [0.05, 0.1) is 0 Å². The van der Waals surface area contributed by atoms with Crippen LogP contribution in [-0.4, -0.2) is 6.04 Å². The van der Waals surface area contributed by atoms with E-state index in [1.807, 2.05) is 0 Å². The van der Waals surface area contributed by atoms with Gasteiger partial charge in [0, 0.05) is 6.04 Å². The number of hydrogen-bond acceptors (Lipinski definition) is 1. The standard InChI is InChI=1S/C11H21N.ClH/c12-10-4-8-11(9-5-10)6-2-1-3-7-11;/h10H,1-9,12H2;1H. The first kappa shape index (κ1) is 11.3. The van der Waals surface area contributed by atoms with Crippen LogP contribution in [0.3, 0.4) is 0 Å². The molecule has 13 heavy (non-hydrogen) atoms. The molecule has 0 radical (unpaired) electrons. The molecule has 1 spiro atoms. The van der Waals surface area contributed by atoms with E-state index >= 15 is 0 Å². The number of nitrogens with two attached hydrogens (primary N) is 1. The van der Waals surface area contributed by atoms with E-state index in [9.17, 15) is 0 Å². The summed E-state index contributed by atoms with van der Waals surface area (Å²) in [6, 6.07) is 0.526. The molecule has 0 heterocycles. The lowest BCUT2D eigenvalue weighted by Crippen LogP contribution is -2.35. The van der Waals surface area contributed by atoms with Gasteiger partial charge in [0.25, 0.3) is 0 Å². The molecule has 0 atom stereocenters. The molecule has 0 saturated heterocycles. The van der Waals surface area contributed by atoms with Crippen molar-refractivity contribution in [2.24, 2.45) is 11.1 Å². The van der Waals surface area contributed by atoms with Crippen molar-refractivity contribution in [2.75, 3.05) is 0 Å². The Kier molecular flexibility index (Phi) is 4.06. The summed E-state index contributed by atoms with van der Waals surface area (Å²) in [5.74, 6) is 0. The molecule has 0 aromatic rings. The van der Waals surface area contributed by atoms with Crippen molar-refractivity contribution in [1.82, 2.24) is 0 Å². The first-order chi connectivity index (χ1) is 5.81. The second kappa shape index (κ2) is 4.65. The molecule has 0 amide bonds.